The molecule has 2 aromatic rings. The molecule has 9 heteroatoms. The first-order chi connectivity index (χ1) is 19.2. The van der Waals surface area contributed by atoms with Crippen molar-refractivity contribution < 1.29 is 22.8 Å². The molecule has 2 amide bonds. The van der Waals surface area contributed by atoms with Crippen molar-refractivity contribution in [3.8, 4) is 11.1 Å². The molecule has 216 valence electrons. The largest absolute Gasteiger partial charge is 0.405 e. The average molecular weight is 557 g/mol. The van der Waals surface area contributed by atoms with Crippen molar-refractivity contribution in [1.29, 1.82) is 0 Å². The zero-order chi connectivity index (χ0) is 28.3. The molecule has 40 heavy (non-hydrogen) atoms. The highest BCUT2D eigenvalue weighted by atomic mass is 19.4. The van der Waals surface area contributed by atoms with E-state index in [1.165, 1.54) is 0 Å². The highest BCUT2D eigenvalue weighted by Crippen LogP contribution is 2.51. The van der Waals surface area contributed by atoms with Gasteiger partial charge in [-0.1, -0.05) is 55.0 Å². The maximum atomic E-state index is 13.6. The Kier molecular flexibility index (Phi) is 8.52. The van der Waals surface area contributed by atoms with Gasteiger partial charge in [0, 0.05) is 19.1 Å². The maximum absolute atomic E-state index is 13.6. The van der Waals surface area contributed by atoms with Crippen molar-refractivity contribution in [2.24, 2.45) is 0 Å². The van der Waals surface area contributed by atoms with Crippen LogP contribution in [-0.4, -0.2) is 79.6 Å². The monoisotopic (exact) mass is 556 g/mol. The molecular weight excluding hydrogens is 517 g/mol. The zero-order valence-electron chi connectivity index (χ0n) is 23.1. The van der Waals surface area contributed by atoms with E-state index < -0.39 is 24.0 Å². The van der Waals surface area contributed by atoms with Gasteiger partial charge in [-0.25, -0.2) is 0 Å². The molecule has 0 spiro atoms. The lowest BCUT2D eigenvalue weighted by Gasteiger charge is -2.34. The summed E-state index contributed by atoms with van der Waals surface area (Å²) in [7, 11) is 2.01. The lowest BCUT2D eigenvalue weighted by molar-refractivity contribution is -0.141. The van der Waals surface area contributed by atoms with E-state index in [-0.39, 0.29) is 18.0 Å². The van der Waals surface area contributed by atoms with E-state index in [2.05, 4.69) is 20.4 Å². The highest BCUT2D eigenvalue weighted by molar-refractivity contribution is 6.00. The second-order valence-corrected chi connectivity index (χ2v) is 11.5. The van der Waals surface area contributed by atoms with Gasteiger partial charge in [-0.3, -0.25) is 14.5 Å². The topological polar surface area (TPSA) is 64.7 Å². The Hall–Kier alpha value is -2.91. The highest BCUT2D eigenvalue weighted by Gasteiger charge is 2.49. The number of benzene rings is 2. The minimum atomic E-state index is -4.48. The van der Waals surface area contributed by atoms with Crippen LogP contribution in [0, 0.1) is 0 Å². The number of likely N-dealkylation sites (tertiary alicyclic amines) is 2. The molecule has 0 saturated carbocycles. The second-order valence-electron chi connectivity index (χ2n) is 11.5. The first-order valence-electron chi connectivity index (χ1n) is 14.5. The van der Waals surface area contributed by atoms with Crippen LogP contribution in [0.3, 0.4) is 0 Å². The number of nitrogens with zero attached hydrogens (tertiary/aromatic N) is 2. The summed E-state index contributed by atoms with van der Waals surface area (Å²) in [5.41, 5.74) is 2.23. The average Bonchev–Trinajstić information content (AvgIpc) is 3.50. The first kappa shape index (κ1) is 28.6. The molecule has 0 aromatic heterocycles. The van der Waals surface area contributed by atoms with Crippen molar-refractivity contribution in [3.63, 3.8) is 0 Å². The third kappa shape index (κ3) is 5.91. The minimum Gasteiger partial charge on any atom is -0.352 e. The standard InChI is InChI=1S/C31H39F3N4O2/c1-37-17-8-13-27(37)28(39)36-22-14-19-38(20-15-22)18-7-6-16-30(29(40)35-21-31(32,33)34)25-11-4-2-9-23(25)24-10-3-5-12-26(24)30/h2-5,9-12,22,27H,6-8,13-21H2,1H3,(H,35,40)(H,36,39)/t27-/m0/s1. The summed E-state index contributed by atoms with van der Waals surface area (Å²) in [5, 5.41) is 5.45. The molecular formula is C31H39F3N4O2. The van der Waals surface area contributed by atoms with Gasteiger partial charge >= 0.3 is 6.18 Å². The van der Waals surface area contributed by atoms with E-state index in [0.29, 0.717) is 12.8 Å². The fraction of sp³-hybridized carbons (Fsp3) is 0.548. The summed E-state index contributed by atoms with van der Waals surface area (Å²) in [5.74, 6) is -0.448. The SMILES string of the molecule is CN1CCC[C@H]1C(=O)NC1CCN(CCCCC2(C(=O)NCC(F)(F)F)c3ccccc3-c3ccccc32)CC1. The molecule has 2 saturated heterocycles. The summed E-state index contributed by atoms with van der Waals surface area (Å²) in [6.07, 6.45) is 1.30. The van der Waals surface area contributed by atoms with Gasteiger partial charge in [0.15, 0.2) is 0 Å². The van der Waals surface area contributed by atoms with Crippen molar-refractivity contribution in [2.45, 2.75) is 68.6 Å². The molecule has 0 unspecified atom stereocenters. The van der Waals surface area contributed by atoms with E-state index in [1.54, 1.807) is 0 Å². The molecule has 0 radical (unpaired) electrons. The molecule has 2 N–H and O–H groups in total. The summed E-state index contributed by atoms with van der Waals surface area (Å²) in [4.78, 5) is 30.8. The van der Waals surface area contributed by atoms with Gasteiger partial charge in [-0.2, -0.15) is 13.2 Å². The Bertz CT molecular complexity index is 1160. The van der Waals surface area contributed by atoms with Gasteiger partial charge in [-0.05, 0) is 80.9 Å². The number of carbonyl (C=O) groups excluding carboxylic acids is 2. The Labute approximate surface area is 234 Å². The molecule has 2 aromatic carbocycles. The Morgan fingerprint density at radius 1 is 0.925 bits per heavy atom. The van der Waals surface area contributed by atoms with Crippen molar-refractivity contribution in [1.82, 2.24) is 20.4 Å². The number of hydrogen-bond acceptors (Lipinski definition) is 4. The van der Waals surface area contributed by atoms with Gasteiger partial charge in [0.2, 0.25) is 11.8 Å². The summed E-state index contributed by atoms with van der Waals surface area (Å²) in [6, 6.07) is 15.3. The summed E-state index contributed by atoms with van der Waals surface area (Å²) >= 11 is 0. The molecule has 2 aliphatic heterocycles. The van der Waals surface area contributed by atoms with Gasteiger partial charge in [0.25, 0.3) is 0 Å². The van der Waals surface area contributed by atoms with Crippen LogP contribution in [0.1, 0.15) is 56.1 Å². The fourth-order valence-corrected chi connectivity index (χ4v) is 6.85. The second kappa shape index (κ2) is 11.9. The van der Waals surface area contributed by atoms with Gasteiger partial charge in [0.05, 0.1) is 6.04 Å². The quantitative estimate of drug-likeness (QED) is 0.448. The molecule has 5 rings (SSSR count). The molecule has 2 heterocycles. The van der Waals surface area contributed by atoms with Gasteiger partial charge < -0.3 is 15.5 Å². The van der Waals surface area contributed by atoms with Crippen molar-refractivity contribution in [3.05, 3.63) is 59.7 Å². The number of nitrogens with one attached hydrogen (secondary N) is 2. The number of halogens is 3. The fourth-order valence-electron chi connectivity index (χ4n) is 6.85. The molecule has 0 bridgehead atoms. The predicted octanol–water partition coefficient (Wildman–Crippen LogP) is 4.48. The van der Waals surface area contributed by atoms with Crippen LogP contribution in [0.15, 0.2) is 48.5 Å². The van der Waals surface area contributed by atoms with Gasteiger partial charge in [0.1, 0.15) is 12.0 Å². The maximum Gasteiger partial charge on any atom is 0.405 e. The number of hydrogen-bond donors (Lipinski definition) is 2. The first-order valence-corrected chi connectivity index (χ1v) is 14.5. The molecule has 1 aliphatic carbocycles. The third-order valence-electron chi connectivity index (χ3n) is 8.93. The van der Waals surface area contributed by atoms with Crippen molar-refractivity contribution >= 4 is 11.8 Å². The molecule has 6 nitrogen and oxygen atoms in total. The number of unbranched alkanes of at least 4 members (excludes halogenated alkanes) is 1. The number of rotatable bonds is 9. The minimum absolute atomic E-state index is 0.00969. The van der Waals surface area contributed by atoms with E-state index in [4.69, 9.17) is 0 Å². The number of piperidine rings is 1. The molecule has 3 aliphatic rings. The van der Waals surface area contributed by atoms with E-state index in [1.807, 2.05) is 55.6 Å². The number of amides is 2. The Balaban J connectivity index is 1.20. The predicted molar refractivity (Wildman–Crippen MR) is 149 cm³/mol. The Morgan fingerprint density at radius 3 is 2.12 bits per heavy atom. The smallest absolute Gasteiger partial charge is 0.352 e. The Morgan fingerprint density at radius 2 is 1.55 bits per heavy atom. The lowest BCUT2D eigenvalue weighted by atomic mass is 9.73. The normalized spacial score (nSPS) is 21.1. The zero-order valence-corrected chi connectivity index (χ0v) is 23.1. The van der Waals surface area contributed by atoms with Crippen LogP contribution in [0.5, 0.6) is 0 Å². The third-order valence-corrected chi connectivity index (χ3v) is 8.93. The van der Waals surface area contributed by atoms with E-state index >= 15 is 0 Å². The van der Waals surface area contributed by atoms with Gasteiger partial charge in [-0.15, -0.1) is 0 Å². The van der Waals surface area contributed by atoms with Crippen LogP contribution in [-0.2, 0) is 15.0 Å². The molecule has 1 atom stereocenters. The number of likely N-dealkylation sites (N-methyl/N-ethyl adjacent to an activating group) is 1. The van der Waals surface area contributed by atoms with Crippen molar-refractivity contribution in [2.75, 3.05) is 39.8 Å². The summed E-state index contributed by atoms with van der Waals surface area (Å²) in [6.45, 7) is 2.28. The summed E-state index contributed by atoms with van der Waals surface area (Å²) < 4.78 is 39.2. The van der Waals surface area contributed by atoms with E-state index in [9.17, 15) is 22.8 Å². The van der Waals surface area contributed by atoms with Crippen LogP contribution in [0.25, 0.3) is 11.1 Å². The van der Waals surface area contributed by atoms with Crippen LogP contribution >= 0.6 is 0 Å². The number of carbonyl (C=O) groups is 2. The van der Waals surface area contributed by atoms with E-state index in [0.717, 1.165) is 80.5 Å². The van der Waals surface area contributed by atoms with Crippen LogP contribution in [0.2, 0.25) is 0 Å². The van der Waals surface area contributed by atoms with Crippen LogP contribution in [0.4, 0.5) is 13.2 Å². The number of alkyl halides is 3. The van der Waals surface area contributed by atoms with Crippen LogP contribution < -0.4 is 10.6 Å². The lowest BCUT2D eigenvalue weighted by Crippen LogP contribution is -2.49. The number of fused-ring (bicyclic) bond motifs is 3. The molecule has 2 fully saturated rings.